The summed E-state index contributed by atoms with van der Waals surface area (Å²) in [4.78, 5) is 27.4. The van der Waals surface area contributed by atoms with Crippen LogP contribution in [0.25, 0.3) is 6.08 Å². The van der Waals surface area contributed by atoms with Gasteiger partial charge in [-0.3, -0.25) is 14.5 Å². The Morgan fingerprint density at radius 3 is 2.53 bits per heavy atom. The average Bonchev–Trinajstić information content (AvgIpc) is 3.12. The van der Waals surface area contributed by atoms with Gasteiger partial charge < -0.3 is 14.8 Å². The molecule has 184 valence electrons. The van der Waals surface area contributed by atoms with Crippen LogP contribution in [0, 0.1) is 19.7 Å². The van der Waals surface area contributed by atoms with Crippen LogP contribution in [0.15, 0.2) is 65.6 Å². The second-order valence-electron chi connectivity index (χ2n) is 8.06. The third-order valence-corrected chi connectivity index (χ3v) is 6.66. The molecule has 9 heteroatoms. The van der Waals surface area contributed by atoms with E-state index in [2.05, 4.69) is 5.32 Å². The first-order valence-electron chi connectivity index (χ1n) is 11.0. The van der Waals surface area contributed by atoms with E-state index in [-0.39, 0.29) is 18.3 Å². The molecule has 36 heavy (non-hydrogen) atoms. The molecule has 0 unspecified atom stereocenters. The lowest BCUT2D eigenvalue weighted by molar-refractivity contribution is -0.118. The molecule has 1 heterocycles. The number of thioether (sulfide) groups is 1. The molecule has 0 spiro atoms. The van der Waals surface area contributed by atoms with E-state index in [1.807, 2.05) is 32.0 Å². The predicted molar refractivity (Wildman–Crippen MR) is 145 cm³/mol. The summed E-state index contributed by atoms with van der Waals surface area (Å²) >= 11 is 6.73. The number of carbonyl (C=O) groups excluding carboxylic acids is 2. The van der Waals surface area contributed by atoms with E-state index in [0.29, 0.717) is 26.4 Å². The van der Waals surface area contributed by atoms with Gasteiger partial charge in [-0.15, -0.1) is 0 Å². The normalized spacial score (nSPS) is 14.3. The summed E-state index contributed by atoms with van der Waals surface area (Å²) in [5.41, 5.74) is 4.03. The first kappa shape index (κ1) is 25.4. The molecule has 0 radical (unpaired) electrons. The van der Waals surface area contributed by atoms with Crippen molar-refractivity contribution in [2.75, 3.05) is 23.9 Å². The van der Waals surface area contributed by atoms with Crippen molar-refractivity contribution in [3.8, 4) is 11.5 Å². The Bertz CT molecular complexity index is 1370. The third kappa shape index (κ3) is 5.75. The highest BCUT2D eigenvalue weighted by Gasteiger charge is 2.34. The molecule has 3 aromatic carbocycles. The number of nitrogens with zero attached hydrogens (tertiary/aromatic N) is 1. The maximum absolute atomic E-state index is 13.2. The number of hydrogen-bond acceptors (Lipinski definition) is 6. The minimum absolute atomic E-state index is 0.186. The van der Waals surface area contributed by atoms with Gasteiger partial charge in [0.25, 0.3) is 11.8 Å². The smallest absolute Gasteiger partial charge is 0.270 e. The number of rotatable bonds is 7. The Hall–Kier alpha value is -3.69. The summed E-state index contributed by atoms with van der Waals surface area (Å²) in [5.74, 6) is -0.201. The highest BCUT2D eigenvalue weighted by molar-refractivity contribution is 8.27. The number of hydrogen-bond donors (Lipinski definition) is 1. The Morgan fingerprint density at radius 2 is 1.83 bits per heavy atom. The monoisotopic (exact) mass is 522 g/mol. The minimum atomic E-state index is -0.400. The minimum Gasteiger partial charge on any atom is -0.493 e. The summed E-state index contributed by atoms with van der Waals surface area (Å²) in [6.45, 7) is 3.69. The Labute approximate surface area is 218 Å². The molecule has 6 nitrogen and oxygen atoms in total. The van der Waals surface area contributed by atoms with Crippen LogP contribution >= 0.6 is 24.0 Å². The maximum atomic E-state index is 13.2. The Balaban J connectivity index is 1.46. The number of benzene rings is 3. The summed E-state index contributed by atoms with van der Waals surface area (Å²) in [6.07, 6.45) is 1.75. The number of carbonyl (C=O) groups is 2. The fourth-order valence-corrected chi connectivity index (χ4v) is 4.93. The van der Waals surface area contributed by atoms with E-state index >= 15 is 0 Å². The van der Waals surface area contributed by atoms with E-state index in [4.69, 9.17) is 21.7 Å². The van der Waals surface area contributed by atoms with Gasteiger partial charge in [0.15, 0.2) is 22.4 Å². The van der Waals surface area contributed by atoms with Gasteiger partial charge in [0.1, 0.15) is 5.82 Å². The van der Waals surface area contributed by atoms with Crippen LogP contribution in [0.5, 0.6) is 11.5 Å². The van der Waals surface area contributed by atoms with Crippen LogP contribution in [0.1, 0.15) is 16.7 Å². The van der Waals surface area contributed by atoms with E-state index in [9.17, 15) is 14.0 Å². The third-order valence-electron chi connectivity index (χ3n) is 5.36. The van der Waals surface area contributed by atoms with Gasteiger partial charge in [-0.25, -0.2) is 4.39 Å². The number of anilines is 2. The first-order valence-corrected chi connectivity index (χ1v) is 12.2. The van der Waals surface area contributed by atoms with E-state index in [0.717, 1.165) is 22.4 Å². The standard InChI is InChI=1S/C27H23FN2O4S2/c1-16-4-10-21(17(2)12-16)30-26(32)24(36-27(30)35)14-18-5-11-22(23(13-18)33-3)34-15-25(31)29-20-8-6-19(28)7-9-20/h4-14H,15H2,1-3H3,(H,29,31)/b24-14-. The van der Waals surface area contributed by atoms with Gasteiger partial charge in [-0.05, 0) is 73.5 Å². The van der Waals surface area contributed by atoms with E-state index in [1.165, 1.54) is 43.1 Å². The summed E-state index contributed by atoms with van der Waals surface area (Å²) in [7, 11) is 1.49. The SMILES string of the molecule is COc1cc(/C=C2\SC(=S)N(c3ccc(C)cc3C)C2=O)ccc1OCC(=O)Nc1ccc(F)cc1. The number of aryl methyl sites for hydroxylation is 2. The number of thiocarbonyl (C=S) groups is 1. The zero-order chi connectivity index (χ0) is 25.8. The van der Waals surface area contributed by atoms with Crippen LogP contribution in [0.2, 0.25) is 0 Å². The lowest BCUT2D eigenvalue weighted by Crippen LogP contribution is -2.28. The van der Waals surface area contributed by atoms with Crippen molar-refractivity contribution in [1.82, 2.24) is 0 Å². The topological polar surface area (TPSA) is 67.9 Å². The van der Waals surface area contributed by atoms with Crippen LogP contribution in [0.3, 0.4) is 0 Å². The molecule has 0 bridgehead atoms. The Kier molecular flexibility index (Phi) is 7.71. The van der Waals surface area contributed by atoms with Crippen molar-refractivity contribution < 1.29 is 23.5 Å². The van der Waals surface area contributed by atoms with Crippen molar-refractivity contribution in [3.05, 3.63) is 88.1 Å². The molecule has 0 aromatic heterocycles. The molecule has 0 saturated carbocycles. The van der Waals surface area contributed by atoms with E-state index < -0.39 is 5.91 Å². The largest absolute Gasteiger partial charge is 0.493 e. The van der Waals surface area contributed by atoms with Crippen LogP contribution < -0.4 is 19.7 Å². The molecule has 4 rings (SSSR count). The number of ether oxygens (including phenoxy) is 2. The molecule has 1 saturated heterocycles. The molecule has 3 aromatic rings. The van der Waals surface area contributed by atoms with Crippen LogP contribution in [-0.2, 0) is 9.59 Å². The van der Waals surface area contributed by atoms with E-state index in [1.54, 1.807) is 29.2 Å². The number of methoxy groups -OCH3 is 1. The lowest BCUT2D eigenvalue weighted by Gasteiger charge is -2.17. The van der Waals surface area contributed by atoms with Crippen molar-refractivity contribution in [1.29, 1.82) is 0 Å². The fourth-order valence-electron chi connectivity index (χ4n) is 3.65. The molecular formula is C27H23FN2O4S2. The van der Waals surface area contributed by atoms with Gasteiger partial charge in [-0.2, -0.15) is 0 Å². The molecule has 0 aliphatic carbocycles. The number of halogens is 1. The van der Waals surface area contributed by atoms with Crippen LogP contribution in [0.4, 0.5) is 15.8 Å². The maximum Gasteiger partial charge on any atom is 0.270 e. The van der Waals surface area contributed by atoms with Crippen molar-refractivity contribution in [2.45, 2.75) is 13.8 Å². The number of amides is 2. The predicted octanol–water partition coefficient (Wildman–Crippen LogP) is 5.87. The molecule has 1 aliphatic heterocycles. The zero-order valence-corrected chi connectivity index (χ0v) is 21.5. The average molecular weight is 523 g/mol. The fraction of sp³-hybridized carbons (Fsp3) is 0.148. The molecule has 1 N–H and O–H groups in total. The lowest BCUT2D eigenvalue weighted by atomic mass is 10.1. The van der Waals surface area contributed by atoms with Gasteiger partial charge in [0.2, 0.25) is 0 Å². The summed E-state index contributed by atoms with van der Waals surface area (Å²) in [6, 6.07) is 16.5. The van der Waals surface area contributed by atoms with Gasteiger partial charge in [-0.1, -0.05) is 47.7 Å². The Morgan fingerprint density at radius 1 is 1.08 bits per heavy atom. The first-order chi connectivity index (χ1) is 17.2. The van der Waals surface area contributed by atoms with Gasteiger partial charge >= 0.3 is 0 Å². The molecule has 1 fully saturated rings. The molecular weight excluding hydrogens is 499 g/mol. The number of nitrogens with one attached hydrogen (secondary N) is 1. The zero-order valence-electron chi connectivity index (χ0n) is 19.8. The van der Waals surface area contributed by atoms with Crippen LogP contribution in [-0.4, -0.2) is 29.9 Å². The van der Waals surface area contributed by atoms with Gasteiger partial charge in [0.05, 0.1) is 17.7 Å². The molecule has 2 amide bonds. The summed E-state index contributed by atoms with van der Waals surface area (Å²) in [5, 5.41) is 2.63. The van der Waals surface area contributed by atoms with Gasteiger partial charge in [0, 0.05) is 5.69 Å². The van der Waals surface area contributed by atoms with Crippen molar-refractivity contribution >= 4 is 57.6 Å². The highest BCUT2D eigenvalue weighted by Crippen LogP contribution is 2.38. The van der Waals surface area contributed by atoms with Crippen molar-refractivity contribution in [3.63, 3.8) is 0 Å². The summed E-state index contributed by atoms with van der Waals surface area (Å²) < 4.78 is 24.5. The highest BCUT2D eigenvalue weighted by atomic mass is 32.2. The molecule has 1 aliphatic rings. The quantitative estimate of drug-likeness (QED) is 0.309. The second kappa shape index (κ2) is 10.9. The van der Waals surface area contributed by atoms with Crippen molar-refractivity contribution in [2.24, 2.45) is 0 Å². The molecule has 0 atom stereocenters. The second-order valence-corrected chi connectivity index (χ2v) is 9.74.